The predicted octanol–water partition coefficient (Wildman–Crippen LogP) is 4.50. The Morgan fingerprint density at radius 1 is 0.778 bits per heavy atom. The lowest BCUT2D eigenvalue weighted by molar-refractivity contribution is 0.0532. The summed E-state index contributed by atoms with van der Waals surface area (Å²) in [6.45, 7) is 4.82. The van der Waals surface area contributed by atoms with E-state index in [-0.39, 0.29) is 0 Å². The zero-order chi connectivity index (χ0) is 18.7. The van der Waals surface area contributed by atoms with Gasteiger partial charge in [0.15, 0.2) is 0 Å². The highest BCUT2D eigenvalue weighted by Crippen LogP contribution is 2.28. The molecule has 3 heteroatoms. The Labute approximate surface area is 164 Å². The van der Waals surface area contributed by atoms with E-state index in [1.54, 1.807) is 0 Å². The van der Waals surface area contributed by atoms with Gasteiger partial charge < -0.3 is 9.84 Å². The first-order valence-electron chi connectivity index (χ1n) is 10.3. The number of ether oxygens (including phenoxy) is 1. The van der Waals surface area contributed by atoms with Crippen LogP contribution < -0.4 is 0 Å². The average Bonchev–Trinajstić information content (AvgIpc) is 2.73. The highest BCUT2D eigenvalue weighted by molar-refractivity contribution is 5.17. The Kier molecular flexibility index (Phi) is 8.34. The number of nitrogens with zero attached hydrogens (tertiary/aromatic N) is 1. The van der Waals surface area contributed by atoms with Gasteiger partial charge in [-0.3, -0.25) is 4.90 Å². The molecule has 0 aliphatic heterocycles. The van der Waals surface area contributed by atoms with E-state index in [0.29, 0.717) is 18.4 Å². The zero-order valence-corrected chi connectivity index (χ0v) is 16.3. The molecule has 0 radical (unpaired) electrons. The first-order valence-corrected chi connectivity index (χ1v) is 10.3. The number of aliphatic hydroxyl groups is 1. The van der Waals surface area contributed by atoms with Gasteiger partial charge in [-0.1, -0.05) is 60.7 Å². The van der Waals surface area contributed by atoms with Gasteiger partial charge in [-0.25, -0.2) is 0 Å². The fraction of sp³-hybridized carbons (Fsp3) is 0.500. The molecule has 0 aromatic heterocycles. The molecule has 0 heterocycles. The molecule has 0 bridgehead atoms. The quantitative estimate of drug-likeness (QED) is 0.628. The summed E-state index contributed by atoms with van der Waals surface area (Å²) in [7, 11) is 0. The lowest BCUT2D eigenvalue weighted by atomic mass is 9.83. The molecule has 0 amide bonds. The van der Waals surface area contributed by atoms with Crippen LogP contribution in [0.1, 0.15) is 36.8 Å². The molecule has 0 atom stereocenters. The minimum Gasteiger partial charge on any atom is -0.396 e. The van der Waals surface area contributed by atoms with Crippen LogP contribution in [0.2, 0.25) is 0 Å². The summed E-state index contributed by atoms with van der Waals surface area (Å²) in [4.78, 5) is 2.47. The van der Waals surface area contributed by atoms with Crippen LogP contribution >= 0.6 is 0 Å². The monoisotopic (exact) mass is 367 g/mol. The third-order valence-corrected chi connectivity index (χ3v) is 5.63. The summed E-state index contributed by atoms with van der Waals surface area (Å²) in [6, 6.07) is 21.3. The van der Waals surface area contributed by atoms with Gasteiger partial charge in [-0.15, -0.1) is 0 Å². The second kappa shape index (κ2) is 11.2. The van der Waals surface area contributed by atoms with E-state index >= 15 is 0 Å². The van der Waals surface area contributed by atoms with E-state index in [0.717, 1.165) is 45.7 Å². The first kappa shape index (κ1) is 20.1. The SMILES string of the molecule is OCC1CCC(COCCN(Cc2ccccc2)Cc2ccccc2)CC1. The van der Waals surface area contributed by atoms with Crippen molar-refractivity contribution < 1.29 is 9.84 Å². The van der Waals surface area contributed by atoms with Crippen LogP contribution in [0.25, 0.3) is 0 Å². The zero-order valence-electron chi connectivity index (χ0n) is 16.3. The second-order valence-corrected chi connectivity index (χ2v) is 7.83. The Balaban J connectivity index is 1.45. The summed E-state index contributed by atoms with van der Waals surface area (Å²) in [5.41, 5.74) is 2.69. The van der Waals surface area contributed by atoms with Gasteiger partial charge in [0.25, 0.3) is 0 Å². The molecule has 27 heavy (non-hydrogen) atoms. The Hall–Kier alpha value is -1.68. The number of benzene rings is 2. The third-order valence-electron chi connectivity index (χ3n) is 5.63. The van der Waals surface area contributed by atoms with Crippen LogP contribution in [-0.2, 0) is 17.8 Å². The van der Waals surface area contributed by atoms with Crippen molar-refractivity contribution in [3.05, 3.63) is 71.8 Å². The molecule has 0 spiro atoms. The number of aliphatic hydroxyl groups excluding tert-OH is 1. The van der Waals surface area contributed by atoms with E-state index < -0.39 is 0 Å². The smallest absolute Gasteiger partial charge is 0.0593 e. The summed E-state index contributed by atoms with van der Waals surface area (Å²) in [5.74, 6) is 1.19. The van der Waals surface area contributed by atoms with Gasteiger partial charge in [0.05, 0.1) is 6.61 Å². The minimum atomic E-state index is 0.349. The molecule has 2 aromatic carbocycles. The lowest BCUT2D eigenvalue weighted by Crippen LogP contribution is -2.28. The van der Waals surface area contributed by atoms with E-state index in [1.165, 1.54) is 24.0 Å². The predicted molar refractivity (Wildman–Crippen MR) is 110 cm³/mol. The van der Waals surface area contributed by atoms with E-state index in [1.807, 2.05) is 0 Å². The molecule has 146 valence electrons. The van der Waals surface area contributed by atoms with Crippen molar-refractivity contribution in [1.29, 1.82) is 0 Å². The van der Waals surface area contributed by atoms with Crippen molar-refractivity contribution in [2.24, 2.45) is 11.8 Å². The fourth-order valence-corrected chi connectivity index (χ4v) is 3.92. The largest absolute Gasteiger partial charge is 0.396 e. The van der Waals surface area contributed by atoms with Crippen molar-refractivity contribution in [2.75, 3.05) is 26.4 Å². The van der Waals surface area contributed by atoms with Crippen molar-refractivity contribution in [3.8, 4) is 0 Å². The fourth-order valence-electron chi connectivity index (χ4n) is 3.92. The summed E-state index contributed by atoms with van der Waals surface area (Å²) >= 11 is 0. The summed E-state index contributed by atoms with van der Waals surface area (Å²) < 4.78 is 6.04. The average molecular weight is 368 g/mol. The molecule has 1 aliphatic rings. The first-order chi connectivity index (χ1) is 13.3. The lowest BCUT2D eigenvalue weighted by Gasteiger charge is -2.27. The summed E-state index contributed by atoms with van der Waals surface area (Å²) in [6.07, 6.45) is 4.70. The Morgan fingerprint density at radius 2 is 1.30 bits per heavy atom. The van der Waals surface area contributed by atoms with Crippen LogP contribution in [0.5, 0.6) is 0 Å². The van der Waals surface area contributed by atoms with Crippen molar-refractivity contribution in [2.45, 2.75) is 38.8 Å². The molecule has 0 unspecified atom stereocenters. The van der Waals surface area contributed by atoms with Crippen LogP contribution in [0.15, 0.2) is 60.7 Å². The van der Waals surface area contributed by atoms with Crippen molar-refractivity contribution in [3.63, 3.8) is 0 Å². The number of rotatable bonds is 10. The third kappa shape index (κ3) is 7.10. The van der Waals surface area contributed by atoms with Gasteiger partial charge in [0, 0.05) is 32.8 Å². The van der Waals surface area contributed by atoms with Gasteiger partial charge in [-0.05, 0) is 48.6 Å². The molecule has 1 aliphatic carbocycles. The molecular weight excluding hydrogens is 334 g/mol. The maximum absolute atomic E-state index is 9.26. The van der Waals surface area contributed by atoms with Crippen LogP contribution in [0.3, 0.4) is 0 Å². The van der Waals surface area contributed by atoms with Crippen LogP contribution in [0.4, 0.5) is 0 Å². The Bertz CT molecular complexity index is 582. The summed E-state index contributed by atoms with van der Waals surface area (Å²) in [5, 5.41) is 9.26. The van der Waals surface area contributed by atoms with E-state index in [4.69, 9.17) is 4.74 Å². The number of hydrogen-bond acceptors (Lipinski definition) is 3. The van der Waals surface area contributed by atoms with Crippen molar-refractivity contribution in [1.82, 2.24) is 4.90 Å². The maximum atomic E-state index is 9.26. The van der Waals surface area contributed by atoms with Gasteiger partial charge in [-0.2, -0.15) is 0 Å². The van der Waals surface area contributed by atoms with Gasteiger partial charge in [0.2, 0.25) is 0 Å². The van der Waals surface area contributed by atoms with Crippen molar-refractivity contribution >= 4 is 0 Å². The molecule has 1 fully saturated rings. The maximum Gasteiger partial charge on any atom is 0.0593 e. The molecule has 2 aromatic rings. The van der Waals surface area contributed by atoms with Gasteiger partial charge in [0.1, 0.15) is 0 Å². The van der Waals surface area contributed by atoms with Crippen LogP contribution in [0, 0.1) is 11.8 Å². The Morgan fingerprint density at radius 3 is 1.81 bits per heavy atom. The molecule has 0 saturated heterocycles. The topological polar surface area (TPSA) is 32.7 Å². The van der Waals surface area contributed by atoms with E-state index in [9.17, 15) is 5.11 Å². The normalized spacial score (nSPS) is 20.1. The highest BCUT2D eigenvalue weighted by atomic mass is 16.5. The van der Waals surface area contributed by atoms with Gasteiger partial charge >= 0.3 is 0 Å². The molecular formula is C24H33NO2. The molecule has 1 saturated carbocycles. The van der Waals surface area contributed by atoms with Crippen LogP contribution in [-0.4, -0.2) is 36.4 Å². The minimum absolute atomic E-state index is 0.349. The molecule has 3 rings (SSSR count). The standard InChI is InChI=1S/C24H33NO2/c26-19-23-11-13-24(14-12-23)20-27-16-15-25(17-21-7-3-1-4-8-21)18-22-9-5-2-6-10-22/h1-10,23-24,26H,11-20H2. The second-order valence-electron chi connectivity index (χ2n) is 7.83. The van der Waals surface area contributed by atoms with E-state index in [2.05, 4.69) is 65.6 Å². The highest BCUT2D eigenvalue weighted by Gasteiger charge is 2.20. The molecule has 3 nitrogen and oxygen atoms in total. The molecule has 1 N–H and O–H groups in total. The number of hydrogen-bond donors (Lipinski definition) is 1.